The summed E-state index contributed by atoms with van der Waals surface area (Å²) in [4.78, 5) is 2.44. The first-order valence-electron chi connectivity index (χ1n) is 3.84. The quantitative estimate of drug-likeness (QED) is 0.433. The van der Waals surface area contributed by atoms with Crippen molar-refractivity contribution in [2.24, 2.45) is 0 Å². The highest BCUT2D eigenvalue weighted by Gasteiger charge is 2.41. The van der Waals surface area contributed by atoms with Crippen molar-refractivity contribution in [1.29, 1.82) is 0 Å². The fraction of sp³-hybridized carbons (Fsp3) is 1.00. The van der Waals surface area contributed by atoms with E-state index in [9.17, 15) is 0 Å². The molecule has 2 heteroatoms. The summed E-state index contributed by atoms with van der Waals surface area (Å²) in [7, 11) is 4.73. The Labute approximate surface area is 57.7 Å². The van der Waals surface area contributed by atoms with Crippen LogP contribution in [-0.4, -0.2) is 32.3 Å². The molecule has 2 saturated heterocycles. The molecular weight excluding hydrogens is 109 g/mol. The lowest BCUT2D eigenvalue weighted by atomic mass is 9.37. The number of nitrogens with zero attached hydrogens (tertiary/aromatic N) is 1. The highest BCUT2D eigenvalue weighted by molar-refractivity contribution is 6.44. The Hall–Kier alpha value is 0.0249. The second kappa shape index (κ2) is 1.75. The molecule has 49 valence electrons. The lowest BCUT2D eigenvalue weighted by Gasteiger charge is -2.37. The molecule has 0 aromatic heterocycles. The van der Waals surface area contributed by atoms with Crippen LogP contribution in [0, 0.1) is 0 Å². The van der Waals surface area contributed by atoms with Gasteiger partial charge < -0.3 is 4.90 Å². The first-order chi connectivity index (χ1) is 4.31. The zero-order valence-electron chi connectivity index (χ0n) is 6.06. The van der Waals surface area contributed by atoms with Crippen LogP contribution in [0.4, 0.5) is 0 Å². The van der Waals surface area contributed by atoms with Crippen molar-refractivity contribution < 1.29 is 0 Å². The van der Waals surface area contributed by atoms with E-state index >= 15 is 0 Å². The molecule has 0 bridgehead atoms. The second-order valence-corrected chi connectivity index (χ2v) is 3.59. The number of likely N-dealkylation sites (tertiary alicyclic amines) is 1. The highest BCUT2D eigenvalue weighted by Crippen LogP contribution is 2.48. The lowest BCUT2D eigenvalue weighted by Crippen LogP contribution is -2.32. The molecule has 0 N–H and O–H groups in total. The maximum absolute atomic E-state index is 2.51. The van der Waals surface area contributed by atoms with Gasteiger partial charge in [0.1, 0.15) is 7.28 Å². The zero-order chi connectivity index (χ0) is 6.32. The van der Waals surface area contributed by atoms with Crippen LogP contribution in [0.2, 0.25) is 11.6 Å². The van der Waals surface area contributed by atoms with Gasteiger partial charge in [-0.3, -0.25) is 0 Å². The van der Waals surface area contributed by atoms with Gasteiger partial charge in [-0.25, -0.2) is 0 Å². The lowest BCUT2D eigenvalue weighted by molar-refractivity contribution is 0.387. The Morgan fingerprint density at radius 3 is 2.44 bits per heavy atom. The maximum atomic E-state index is 2.51. The average molecular weight is 122 g/mol. The fourth-order valence-corrected chi connectivity index (χ4v) is 2.03. The van der Waals surface area contributed by atoms with E-state index in [0.29, 0.717) is 5.31 Å². The van der Waals surface area contributed by atoms with E-state index < -0.39 is 0 Å². The van der Waals surface area contributed by atoms with E-state index in [4.69, 9.17) is 0 Å². The minimum absolute atomic E-state index is 0.689. The van der Waals surface area contributed by atoms with Gasteiger partial charge in [0.05, 0.1) is 0 Å². The van der Waals surface area contributed by atoms with Crippen LogP contribution in [0.1, 0.15) is 12.8 Å². The van der Waals surface area contributed by atoms with Gasteiger partial charge in [0.15, 0.2) is 0 Å². The third-order valence-corrected chi connectivity index (χ3v) is 2.80. The Bertz CT molecular complexity index is 120. The van der Waals surface area contributed by atoms with E-state index in [-0.39, 0.29) is 0 Å². The van der Waals surface area contributed by atoms with Crippen molar-refractivity contribution in [2.75, 3.05) is 20.1 Å². The fourth-order valence-electron chi connectivity index (χ4n) is 2.03. The highest BCUT2D eigenvalue weighted by atomic mass is 15.1. The molecule has 2 aliphatic heterocycles. The van der Waals surface area contributed by atoms with Crippen LogP contribution in [0.15, 0.2) is 0 Å². The third-order valence-electron chi connectivity index (χ3n) is 2.80. The molecule has 1 atom stereocenters. The monoisotopic (exact) mass is 122 g/mol. The molecule has 2 heterocycles. The van der Waals surface area contributed by atoms with Crippen LogP contribution in [-0.2, 0) is 0 Å². The van der Waals surface area contributed by atoms with Gasteiger partial charge in [0.2, 0.25) is 0 Å². The van der Waals surface area contributed by atoms with Crippen LogP contribution in [0.5, 0.6) is 0 Å². The van der Waals surface area contributed by atoms with Crippen molar-refractivity contribution in [3.8, 4) is 0 Å². The number of hydrogen-bond donors (Lipinski definition) is 0. The minimum Gasteiger partial charge on any atom is -0.307 e. The summed E-state index contributed by atoms with van der Waals surface area (Å²) in [5.41, 5.74) is 0. The first-order valence-corrected chi connectivity index (χ1v) is 3.84. The van der Waals surface area contributed by atoms with Gasteiger partial charge in [0, 0.05) is 0 Å². The second-order valence-electron chi connectivity index (χ2n) is 3.59. The Kier molecular flexibility index (Phi) is 1.13. The van der Waals surface area contributed by atoms with E-state index in [0.717, 1.165) is 0 Å². The average Bonchev–Trinajstić information content (AvgIpc) is 2.09. The predicted octanol–water partition coefficient (Wildman–Crippen LogP) is 1.01. The molecule has 0 aromatic carbocycles. The summed E-state index contributed by atoms with van der Waals surface area (Å²) in [5.74, 6) is 0. The molecule has 1 unspecified atom stereocenters. The van der Waals surface area contributed by atoms with Gasteiger partial charge in [-0.15, -0.1) is 0 Å². The van der Waals surface area contributed by atoms with Crippen molar-refractivity contribution in [1.82, 2.24) is 4.90 Å². The van der Waals surface area contributed by atoms with Crippen LogP contribution < -0.4 is 0 Å². The van der Waals surface area contributed by atoms with Crippen LogP contribution >= 0.6 is 0 Å². The van der Waals surface area contributed by atoms with Crippen molar-refractivity contribution >= 4 is 7.28 Å². The summed E-state index contributed by atoms with van der Waals surface area (Å²) in [6.07, 6.45) is 4.24. The standard InChI is InChI=1S/C7H13BN/c1-9-5-3-7(6-9)2-4-8-7/h2-6H2,1H3. The van der Waals surface area contributed by atoms with Crippen molar-refractivity contribution in [3.05, 3.63) is 0 Å². The smallest absolute Gasteiger partial charge is 0.119 e. The molecule has 2 aliphatic rings. The molecule has 0 aliphatic carbocycles. The molecule has 2 fully saturated rings. The van der Waals surface area contributed by atoms with Crippen LogP contribution in [0.25, 0.3) is 0 Å². The van der Waals surface area contributed by atoms with Gasteiger partial charge >= 0.3 is 0 Å². The minimum atomic E-state index is 0.689. The Balaban J connectivity index is 1.99. The molecular formula is C7H13BN. The number of hydrogen-bond acceptors (Lipinski definition) is 1. The first kappa shape index (κ1) is 5.78. The van der Waals surface area contributed by atoms with Gasteiger partial charge in [-0.1, -0.05) is 12.7 Å². The van der Waals surface area contributed by atoms with Gasteiger partial charge in [0.25, 0.3) is 0 Å². The van der Waals surface area contributed by atoms with E-state index in [1.54, 1.807) is 0 Å². The topological polar surface area (TPSA) is 3.24 Å². The molecule has 1 radical (unpaired) electrons. The molecule has 0 aromatic rings. The summed E-state index contributed by atoms with van der Waals surface area (Å²) in [6.45, 7) is 2.64. The summed E-state index contributed by atoms with van der Waals surface area (Å²) < 4.78 is 0. The number of rotatable bonds is 0. The van der Waals surface area contributed by atoms with E-state index in [2.05, 4.69) is 19.2 Å². The maximum Gasteiger partial charge on any atom is 0.119 e. The molecule has 9 heavy (non-hydrogen) atoms. The van der Waals surface area contributed by atoms with E-state index in [1.165, 1.54) is 32.3 Å². The predicted molar refractivity (Wildman–Crippen MR) is 40.0 cm³/mol. The molecule has 2 rings (SSSR count). The normalized spacial score (nSPS) is 42.8. The summed E-state index contributed by atoms with van der Waals surface area (Å²) in [5, 5.41) is 0.689. The molecule has 0 saturated carbocycles. The third kappa shape index (κ3) is 0.805. The largest absolute Gasteiger partial charge is 0.307 e. The Morgan fingerprint density at radius 1 is 1.44 bits per heavy atom. The zero-order valence-corrected chi connectivity index (χ0v) is 6.06. The van der Waals surface area contributed by atoms with Crippen molar-refractivity contribution in [3.63, 3.8) is 0 Å². The van der Waals surface area contributed by atoms with E-state index in [1.807, 2.05) is 0 Å². The van der Waals surface area contributed by atoms with Crippen molar-refractivity contribution in [2.45, 2.75) is 24.5 Å². The van der Waals surface area contributed by atoms with Crippen LogP contribution in [0.3, 0.4) is 0 Å². The molecule has 0 amide bonds. The van der Waals surface area contributed by atoms with Gasteiger partial charge in [-0.2, -0.15) is 0 Å². The summed E-state index contributed by atoms with van der Waals surface area (Å²) >= 11 is 0. The molecule has 1 spiro atoms. The summed E-state index contributed by atoms with van der Waals surface area (Å²) in [6, 6.07) is 0. The Morgan fingerprint density at radius 2 is 2.22 bits per heavy atom. The SMILES string of the molecule is CN1CCC2([B]CC2)C1. The van der Waals surface area contributed by atoms with Gasteiger partial charge in [-0.05, 0) is 31.9 Å². The molecule has 1 nitrogen and oxygen atoms in total.